The Morgan fingerprint density at radius 3 is 2.30 bits per heavy atom. The van der Waals surface area contributed by atoms with Crippen LogP contribution in [0.1, 0.15) is 54.2 Å². The maximum Gasteiger partial charge on any atom is 0.264 e. The number of hydrogen-bond acceptors (Lipinski definition) is 6. The largest absolute Gasteiger partial charge is 0.395 e. The lowest BCUT2D eigenvalue weighted by molar-refractivity contribution is -0.150. The van der Waals surface area contributed by atoms with E-state index in [4.69, 9.17) is 4.74 Å². The van der Waals surface area contributed by atoms with Gasteiger partial charge in [-0.1, -0.05) is 91.9 Å². The molecule has 0 aromatic heterocycles. The van der Waals surface area contributed by atoms with Crippen LogP contribution in [-0.4, -0.2) is 57.7 Å². The molecule has 3 aliphatic heterocycles. The van der Waals surface area contributed by atoms with Crippen LogP contribution in [0.3, 0.4) is 0 Å². The summed E-state index contributed by atoms with van der Waals surface area (Å²) in [5.74, 6) is -1.64. The van der Waals surface area contributed by atoms with Gasteiger partial charge in [0.15, 0.2) is 5.60 Å². The third-order valence-electron chi connectivity index (χ3n) is 11.3. The van der Waals surface area contributed by atoms with Crippen molar-refractivity contribution in [2.45, 2.75) is 57.6 Å². The van der Waals surface area contributed by atoms with E-state index in [9.17, 15) is 24.6 Å². The van der Waals surface area contributed by atoms with Gasteiger partial charge in [0, 0.05) is 41.6 Å². The lowest BCUT2D eigenvalue weighted by Crippen LogP contribution is -2.46. The minimum atomic E-state index is -1.44. The molecule has 53 heavy (non-hydrogen) atoms. The highest BCUT2D eigenvalue weighted by Crippen LogP contribution is 2.58. The molecule has 4 atom stereocenters. The van der Waals surface area contributed by atoms with Gasteiger partial charge in [0.1, 0.15) is 0 Å². The van der Waals surface area contributed by atoms with Crippen LogP contribution in [0.15, 0.2) is 115 Å². The summed E-state index contributed by atoms with van der Waals surface area (Å²) in [7, 11) is 0. The highest BCUT2D eigenvalue weighted by Gasteiger charge is 2.66. The molecule has 3 heterocycles. The van der Waals surface area contributed by atoms with Gasteiger partial charge in [-0.3, -0.25) is 19.3 Å². The van der Waals surface area contributed by atoms with E-state index in [0.29, 0.717) is 29.0 Å². The number of aliphatic hydroxyl groups is 2. The van der Waals surface area contributed by atoms with Crippen molar-refractivity contribution in [2.24, 2.45) is 11.8 Å². The number of benzene rings is 5. The number of hydrogen-bond donors (Lipinski definition) is 2. The van der Waals surface area contributed by atoms with Crippen LogP contribution < -0.4 is 9.80 Å². The smallest absolute Gasteiger partial charge is 0.264 e. The first-order valence-electron chi connectivity index (χ1n) is 18.2. The Kier molecular flexibility index (Phi) is 8.68. The van der Waals surface area contributed by atoms with Crippen LogP contribution in [-0.2, 0) is 33.0 Å². The zero-order valence-corrected chi connectivity index (χ0v) is 30.1. The summed E-state index contributed by atoms with van der Waals surface area (Å²) in [6.07, 6.45) is -0.843. The number of carbonyl (C=O) groups excluding carboxylic acids is 3. The van der Waals surface area contributed by atoms with Gasteiger partial charge in [-0.2, -0.15) is 0 Å². The third kappa shape index (κ3) is 5.71. The average Bonchev–Trinajstić information content (AvgIpc) is 3.70. The number of fused-ring (bicyclic) bond motifs is 2. The number of para-hydroxylation sites is 1. The molecule has 1 fully saturated rings. The number of carbonyl (C=O) groups is 3. The molecule has 2 N–H and O–H groups in total. The van der Waals surface area contributed by atoms with Gasteiger partial charge in [0.25, 0.3) is 11.8 Å². The number of anilines is 3. The predicted octanol–water partition coefficient (Wildman–Crippen LogP) is 6.71. The lowest BCUT2D eigenvalue weighted by Gasteiger charge is -2.34. The lowest BCUT2D eigenvalue weighted by atomic mass is 9.71. The van der Waals surface area contributed by atoms with E-state index in [-0.39, 0.29) is 43.8 Å². The average molecular weight is 710 g/mol. The molecular formula is C44H43N3O6. The van der Waals surface area contributed by atoms with E-state index in [0.717, 1.165) is 27.6 Å². The van der Waals surface area contributed by atoms with E-state index in [2.05, 4.69) is 0 Å². The van der Waals surface area contributed by atoms with Crippen molar-refractivity contribution in [1.82, 2.24) is 4.90 Å². The van der Waals surface area contributed by atoms with Crippen LogP contribution in [0.2, 0.25) is 0 Å². The van der Waals surface area contributed by atoms with Gasteiger partial charge < -0.3 is 24.7 Å². The standard InChI is InChI=1S/C44H43N3O6/c1-28-40(43(2,3)52)37(25-38(49)45(22-23-48)26-29-12-5-4-6-13-29)53-44(28)34-19-7-8-20-35(34)46(42(44)51)27-30-14-9-17-32(24-30)47-36-21-11-16-31-15-10-18-33(39(31)36)41(47)50/h4-21,24,28,37,40,48,52H,22-23,25-27H2,1-3H3/t28-,37+,40-,44+/m0/s1. The fourth-order valence-electron chi connectivity index (χ4n) is 9.05. The van der Waals surface area contributed by atoms with Gasteiger partial charge in [-0.25, -0.2) is 0 Å². The van der Waals surface area contributed by atoms with Crippen LogP contribution in [0.4, 0.5) is 17.1 Å². The molecule has 270 valence electrons. The van der Waals surface area contributed by atoms with Crippen LogP contribution in [0, 0.1) is 11.8 Å². The predicted molar refractivity (Wildman–Crippen MR) is 204 cm³/mol. The minimum Gasteiger partial charge on any atom is -0.395 e. The summed E-state index contributed by atoms with van der Waals surface area (Å²) in [5.41, 5.74) is 2.64. The normalized spacial score (nSPS) is 21.9. The molecule has 1 spiro atoms. The van der Waals surface area contributed by atoms with Crippen molar-refractivity contribution >= 4 is 45.6 Å². The SMILES string of the molecule is C[C@H]1[C@H](C(C)(C)O)[C@@H](CC(=O)N(CCO)Cc2ccccc2)O[C@]12C(=O)N(Cc1cccc(N3C(=O)c4cccc5cccc3c45)c1)c1ccccc12. The fourth-order valence-corrected chi connectivity index (χ4v) is 9.05. The molecule has 5 aromatic carbocycles. The molecular weight excluding hydrogens is 666 g/mol. The van der Waals surface area contributed by atoms with Crippen molar-refractivity contribution in [3.05, 3.63) is 138 Å². The Morgan fingerprint density at radius 2 is 1.55 bits per heavy atom. The Morgan fingerprint density at radius 1 is 0.868 bits per heavy atom. The number of rotatable bonds is 10. The first kappa shape index (κ1) is 34.7. The molecule has 9 heteroatoms. The topological polar surface area (TPSA) is 111 Å². The summed E-state index contributed by atoms with van der Waals surface area (Å²) in [6.45, 7) is 5.83. The maximum absolute atomic E-state index is 15.0. The molecule has 0 bridgehead atoms. The monoisotopic (exact) mass is 709 g/mol. The van der Waals surface area contributed by atoms with Gasteiger partial charge in [-0.05, 0) is 60.7 Å². The second kappa shape index (κ2) is 13.3. The summed E-state index contributed by atoms with van der Waals surface area (Å²) in [5, 5.41) is 23.4. The molecule has 0 radical (unpaired) electrons. The van der Waals surface area contributed by atoms with Crippen molar-refractivity contribution in [1.29, 1.82) is 0 Å². The van der Waals surface area contributed by atoms with E-state index in [1.165, 1.54) is 0 Å². The molecule has 1 saturated heterocycles. The van der Waals surface area contributed by atoms with Gasteiger partial charge >= 0.3 is 0 Å². The van der Waals surface area contributed by atoms with Crippen molar-refractivity contribution in [3.63, 3.8) is 0 Å². The first-order chi connectivity index (χ1) is 25.5. The van der Waals surface area contributed by atoms with Crippen LogP contribution in [0.25, 0.3) is 10.8 Å². The molecule has 3 amide bonds. The molecule has 5 aromatic rings. The highest BCUT2D eigenvalue weighted by atomic mass is 16.5. The quantitative estimate of drug-likeness (QED) is 0.167. The van der Waals surface area contributed by atoms with E-state index < -0.39 is 29.1 Å². The Labute approximate surface area is 309 Å². The summed E-state index contributed by atoms with van der Waals surface area (Å²) in [6, 6.07) is 36.5. The second-order valence-corrected chi connectivity index (χ2v) is 15.0. The van der Waals surface area contributed by atoms with E-state index in [1.54, 1.807) is 28.5 Å². The zero-order chi connectivity index (χ0) is 37.1. The van der Waals surface area contributed by atoms with Gasteiger partial charge in [-0.15, -0.1) is 0 Å². The number of aliphatic hydroxyl groups excluding tert-OH is 1. The Bertz CT molecular complexity index is 2230. The van der Waals surface area contributed by atoms with Crippen LogP contribution in [0.5, 0.6) is 0 Å². The highest BCUT2D eigenvalue weighted by molar-refractivity contribution is 6.27. The number of amides is 3. The van der Waals surface area contributed by atoms with Gasteiger partial charge in [0.2, 0.25) is 5.91 Å². The minimum absolute atomic E-state index is 0.0654. The molecule has 0 unspecified atom stereocenters. The van der Waals surface area contributed by atoms with Crippen molar-refractivity contribution in [2.75, 3.05) is 23.0 Å². The summed E-state index contributed by atoms with van der Waals surface area (Å²) in [4.78, 5) is 47.7. The molecule has 3 aliphatic rings. The van der Waals surface area contributed by atoms with Crippen molar-refractivity contribution < 1.29 is 29.3 Å². The zero-order valence-electron chi connectivity index (χ0n) is 30.1. The number of nitrogens with zero attached hydrogens (tertiary/aromatic N) is 3. The first-order valence-corrected chi connectivity index (χ1v) is 18.2. The molecule has 9 nitrogen and oxygen atoms in total. The number of ether oxygens (including phenoxy) is 1. The van der Waals surface area contributed by atoms with E-state index in [1.807, 2.05) is 122 Å². The maximum atomic E-state index is 15.0. The third-order valence-corrected chi connectivity index (χ3v) is 11.3. The summed E-state index contributed by atoms with van der Waals surface area (Å²) >= 11 is 0. The Balaban J connectivity index is 1.10. The van der Waals surface area contributed by atoms with E-state index >= 15 is 0 Å². The Hall–Kier alpha value is -5.35. The van der Waals surface area contributed by atoms with Crippen LogP contribution >= 0.6 is 0 Å². The van der Waals surface area contributed by atoms with Gasteiger partial charge in [0.05, 0.1) is 48.2 Å². The fraction of sp³-hybridized carbons (Fsp3) is 0.295. The summed E-state index contributed by atoms with van der Waals surface area (Å²) < 4.78 is 6.89. The molecule has 0 aliphatic carbocycles. The molecule has 0 saturated carbocycles. The molecule has 8 rings (SSSR count). The second-order valence-electron chi connectivity index (χ2n) is 15.0. The van der Waals surface area contributed by atoms with Crippen molar-refractivity contribution in [3.8, 4) is 0 Å².